The first-order valence-corrected chi connectivity index (χ1v) is 5.15. The van der Waals surface area contributed by atoms with Gasteiger partial charge in [0.25, 0.3) is 6.43 Å². The van der Waals surface area contributed by atoms with Crippen LogP contribution in [0.1, 0.15) is 23.2 Å². The van der Waals surface area contributed by atoms with Gasteiger partial charge in [-0.1, -0.05) is 0 Å². The van der Waals surface area contributed by atoms with Crippen molar-refractivity contribution < 1.29 is 23.4 Å². The molecule has 0 saturated heterocycles. The maximum atomic E-state index is 12.8. The molecule has 0 fully saturated rings. The molecule has 0 aliphatic heterocycles. The van der Waals surface area contributed by atoms with Gasteiger partial charge < -0.3 is 9.84 Å². The van der Waals surface area contributed by atoms with Gasteiger partial charge in [-0.2, -0.15) is 0 Å². The number of esters is 1. The lowest BCUT2D eigenvalue weighted by molar-refractivity contribution is -0.139. The van der Waals surface area contributed by atoms with E-state index in [1.54, 1.807) is 0 Å². The highest BCUT2D eigenvalue weighted by Crippen LogP contribution is 2.32. The summed E-state index contributed by atoms with van der Waals surface area (Å²) in [6.07, 6.45) is -2.33. The van der Waals surface area contributed by atoms with Crippen LogP contribution < -0.4 is 0 Å². The number of aromatic hydroxyl groups is 1. The maximum absolute atomic E-state index is 12.8. The number of halogens is 3. The van der Waals surface area contributed by atoms with Gasteiger partial charge in [-0.3, -0.25) is 9.78 Å². The van der Waals surface area contributed by atoms with Crippen molar-refractivity contribution in [1.82, 2.24) is 4.98 Å². The number of alkyl halides is 3. The van der Waals surface area contributed by atoms with E-state index in [2.05, 4.69) is 9.72 Å². The van der Waals surface area contributed by atoms with Crippen molar-refractivity contribution in [3.05, 3.63) is 23.0 Å². The third kappa shape index (κ3) is 3.03. The highest BCUT2D eigenvalue weighted by Gasteiger charge is 2.23. The first-order valence-electron chi connectivity index (χ1n) is 4.61. The van der Waals surface area contributed by atoms with Crippen LogP contribution in [0.2, 0.25) is 0 Å². The van der Waals surface area contributed by atoms with Crippen molar-refractivity contribution in [3.63, 3.8) is 0 Å². The molecular weight excluding hydrogens is 256 g/mol. The largest absolute Gasteiger partial charge is 0.506 e. The monoisotopic (exact) mass is 265 g/mol. The molecule has 0 saturated carbocycles. The second-order valence-corrected chi connectivity index (χ2v) is 3.44. The van der Waals surface area contributed by atoms with Gasteiger partial charge >= 0.3 is 5.97 Å². The van der Waals surface area contributed by atoms with Crippen LogP contribution in [0.25, 0.3) is 0 Å². The zero-order chi connectivity index (χ0) is 13.0. The number of rotatable bonds is 4. The van der Waals surface area contributed by atoms with Crippen molar-refractivity contribution in [2.24, 2.45) is 0 Å². The van der Waals surface area contributed by atoms with E-state index < -0.39 is 30.1 Å². The number of nitrogens with zero attached hydrogens (tertiary/aromatic N) is 1. The molecular formula is C10H10ClF2NO3. The number of carbonyl (C=O) groups excluding carboxylic acids is 1. The minimum atomic E-state index is -2.87. The zero-order valence-electron chi connectivity index (χ0n) is 8.91. The fourth-order valence-corrected chi connectivity index (χ4v) is 1.58. The molecule has 1 aromatic heterocycles. The van der Waals surface area contributed by atoms with E-state index in [1.807, 2.05) is 0 Å². The summed E-state index contributed by atoms with van der Waals surface area (Å²) < 4.78 is 30.1. The number of aromatic nitrogens is 1. The summed E-state index contributed by atoms with van der Waals surface area (Å²) in [5, 5.41) is 9.46. The molecule has 0 aromatic carbocycles. The Balaban J connectivity index is 3.28. The van der Waals surface area contributed by atoms with Crippen LogP contribution in [0.3, 0.4) is 0 Å². The van der Waals surface area contributed by atoms with Crippen LogP contribution in [0.5, 0.6) is 5.75 Å². The van der Waals surface area contributed by atoms with Crippen molar-refractivity contribution in [3.8, 4) is 5.75 Å². The maximum Gasteiger partial charge on any atom is 0.310 e. The van der Waals surface area contributed by atoms with Crippen molar-refractivity contribution in [2.45, 2.75) is 18.7 Å². The highest BCUT2D eigenvalue weighted by molar-refractivity contribution is 6.17. The molecule has 0 aliphatic rings. The number of methoxy groups -OCH3 is 1. The van der Waals surface area contributed by atoms with Gasteiger partial charge in [-0.05, 0) is 0 Å². The predicted octanol–water partition coefficient (Wildman–Crippen LogP) is 2.18. The molecule has 94 valence electrons. The molecule has 17 heavy (non-hydrogen) atoms. The number of hydrogen-bond acceptors (Lipinski definition) is 4. The SMILES string of the molecule is COC(=O)Cc1c(O)cnc(CCl)c1C(F)F. The zero-order valence-corrected chi connectivity index (χ0v) is 9.67. The summed E-state index contributed by atoms with van der Waals surface area (Å²) in [5.41, 5.74) is -0.763. The van der Waals surface area contributed by atoms with Crippen LogP contribution in [0.4, 0.5) is 8.78 Å². The normalized spacial score (nSPS) is 10.6. The summed E-state index contributed by atoms with van der Waals surface area (Å²) in [4.78, 5) is 14.7. The Morgan fingerprint density at radius 3 is 2.76 bits per heavy atom. The standard InChI is InChI=1S/C10H10ClF2NO3/c1-17-8(16)2-5-7(15)4-14-6(3-11)9(5)10(12)13/h4,10,15H,2-3H2,1H3. The summed E-state index contributed by atoms with van der Waals surface area (Å²) >= 11 is 5.48. The summed E-state index contributed by atoms with van der Waals surface area (Å²) in [7, 11) is 1.13. The molecule has 1 heterocycles. The lowest BCUT2D eigenvalue weighted by Gasteiger charge is -2.12. The summed E-state index contributed by atoms with van der Waals surface area (Å²) in [5.74, 6) is -1.43. The van der Waals surface area contributed by atoms with Crippen molar-refractivity contribution in [2.75, 3.05) is 7.11 Å². The predicted molar refractivity (Wildman–Crippen MR) is 56.1 cm³/mol. The topological polar surface area (TPSA) is 59.4 Å². The van der Waals surface area contributed by atoms with Gasteiger partial charge in [-0.15, -0.1) is 11.6 Å². The third-order valence-corrected chi connectivity index (χ3v) is 2.43. The number of pyridine rings is 1. The molecule has 0 radical (unpaired) electrons. The minimum Gasteiger partial charge on any atom is -0.506 e. The van der Waals surface area contributed by atoms with E-state index in [0.29, 0.717) is 0 Å². The van der Waals surface area contributed by atoms with Crippen LogP contribution in [-0.4, -0.2) is 23.2 Å². The molecule has 1 rings (SSSR count). The molecule has 0 aliphatic carbocycles. The lowest BCUT2D eigenvalue weighted by Crippen LogP contribution is -2.10. The molecule has 1 N–H and O–H groups in total. The molecule has 4 nitrogen and oxygen atoms in total. The summed E-state index contributed by atoms with van der Waals surface area (Å²) in [6, 6.07) is 0. The van der Waals surface area contributed by atoms with Gasteiger partial charge in [0.1, 0.15) is 5.75 Å². The van der Waals surface area contributed by atoms with E-state index in [1.165, 1.54) is 0 Å². The van der Waals surface area contributed by atoms with Crippen molar-refractivity contribution >= 4 is 17.6 Å². The molecule has 0 atom stereocenters. The first-order chi connectivity index (χ1) is 8.01. The van der Waals surface area contributed by atoms with Gasteiger partial charge in [0.15, 0.2) is 0 Å². The third-order valence-electron chi connectivity index (χ3n) is 2.18. The molecule has 7 heteroatoms. The Hall–Kier alpha value is -1.43. The van der Waals surface area contributed by atoms with E-state index in [-0.39, 0.29) is 17.1 Å². The van der Waals surface area contributed by atoms with E-state index in [0.717, 1.165) is 13.3 Å². The highest BCUT2D eigenvalue weighted by atomic mass is 35.5. The van der Waals surface area contributed by atoms with Gasteiger partial charge in [0.05, 0.1) is 31.3 Å². The number of hydrogen-bond donors (Lipinski definition) is 1. The smallest absolute Gasteiger partial charge is 0.310 e. The van der Waals surface area contributed by atoms with E-state index in [4.69, 9.17) is 11.6 Å². The molecule has 1 aromatic rings. The number of ether oxygens (including phenoxy) is 1. The average Bonchev–Trinajstić information content (AvgIpc) is 2.30. The molecule has 0 spiro atoms. The quantitative estimate of drug-likeness (QED) is 0.670. The minimum absolute atomic E-state index is 0.0571. The van der Waals surface area contributed by atoms with Gasteiger partial charge in [-0.25, -0.2) is 8.78 Å². The van der Waals surface area contributed by atoms with Gasteiger partial charge in [0, 0.05) is 11.1 Å². The second-order valence-electron chi connectivity index (χ2n) is 3.17. The average molecular weight is 266 g/mol. The Labute approximate surface area is 101 Å². The number of carbonyl (C=O) groups is 1. The summed E-state index contributed by atoms with van der Waals surface area (Å²) in [6.45, 7) is 0. The van der Waals surface area contributed by atoms with E-state index >= 15 is 0 Å². The molecule has 0 bridgehead atoms. The van der Waals surface area contributed by atoms with E-state index in [9.17, 15) is 18.7 Å². The fourth-order valence-electron chi connectivity index (χ4n) is 1.37. The Kier molecular flexibility index (Phi) is 4.62. The first kappa shape index (κ1) is 13.6. The Morgan fingerprint density at radius 2 is 2.29 bits per heavy atom. The van der Waals surface area contributed by atoms with Crippen LogP contribution in [0, 0.1) is 0 Å². The fraction of sp³-hybridized carbons (Fsp3) is 0.400. The second kappa shape index (κ2) is 5.77. The Bertz CT molecular complexity index is 426. The lowest BCUT2D eigenvalue weighted by atomic mass is 10.0. The van der Waals surface area contributed by atoms with Crippen molar-refractivity contribution in [1.29, 1.82) is 0 Å². The van der Waals surface area contributed by atoms with Crippen LogP contribution in [0.15, 0.2) is 6.20 Å². The molecule has 0 unspecified atom stereocenters. The Morgan fingerprint density at radius 1 is 1.65 bits per heavy atom. The molecule has 0 amide bonds. The van der Waals surface area contributed by atoms with Crippen LogP contribution in [-0.2, 0) is 21.8 Å². The van der Waals surface area contributed by atoms with Gasteiger partial charge in [0.2, 0.25) is 0 Å². The van der Waals surface area contributed by atoms with Crippen LogP contribution >= 0.6 is 11.6 Å².